The Labute approximate surface area is 130 Å². The van der Waals surface area contributed by atoms with Crippen LogP contribution in [-0.4, -0.2) is 30.9 Å². The molecule has 0 fully saturated rings. The van der Waals surface area contributed by atoms with Crippen LogP contribution in [0.25, 0.3) is 0 Å². The van der Waals surface area contributed by atoms with Gasteiger partial charge in [0, 0.05) is 13.1 Å². The number of carbonyl (C=O) groups excluding carboxylic acids is 1. The van der Waals surface area contributed by atoms with E-state index in [2.05, 4.69) is 41.5 Å². The van der Waals surface area contributed by atoms with Crippen molar-refractivity contribution in [1.29, 1.82) is 0 Å². The Kier molecular flexibility index (Phi) is 5.96. The molecule has 0 radical (unpaired) electrons. The lowest BCUT2D eigenvalue weighted by Crippen LogP contribution is -2.28. The zero-order valence-electron chi connectivity index (χ0n) is 12.6. The van der Waals surface area contributed by atoms with Crippen molar-refractivity contribution in [2.45, 2.75) is 19.9 Å². The maximum atomic E-state index is 11.9. The topological polar surface area (TPSA) is 32.3 Å². The summed E-state index contributed by atoms with van der Waals surface area (Å²) in [5, 5.41) is 4.95. The first kappa shape index (κ1) is 15.7. The van der Waals surface area contributed by atoms with Gasteiger partial charge in [-0.15, -0.1) is 11.3 Å². The van der Waals surface area contributed by atoms with E-state index in [1.165, 1.54) is 16.9 Å². The number of aryl methyl sites for hydroxylation is 1. The molecular weight excluding hydrogens is 280 g/mol. The molecule has 0 aliphatic rings. The Bertz CT molecular complexity index is 565. The summed E-state index contributed by atoms with van der Waals surface area (Å²) >= 11 is 1.50. The van der Waals surface area contributed by atoms with Crippen LogP contribution in [0.5, 0.6) is 0 Å². The molecule has 0 saturated carbocycles. The molecule has 4 heteroatoms. The third-order valence-corrected chi connectivity index (χ3v) is 4.38. The lowest BCUT2D eigenvalue weighted by molar-refractivity contribution is 0.0955. The molecule has 1 aromatic heterocycles. The third kappa shape index (κ3) is 4.99. The molecule has 0 aliphatic carbocycles. The minimum atomic E-state index is 0.0493. The summed E-state index contributed by atoms with van der Waals surface area (Å²) in [7, 11) is 2.11. The van der Waals surface area contributed by atoms with Crippen LogP contribution in [0.15, 0.2) is 41.8 Å². The molecule has 0 atom stereocenters. The van der Waals surface area contributed by atoms with E-state index < -0.39 is 0 Å². The third-order valence-electron chi connectivity index (χ3n) is 3.37. The van der Waals surface area contributed by atoms with Gasteiger partial charge in [-0.1, -0.05) is 30.3 Å². The number of hydrogen-bond donors (Lipinski definition) is 1. The lowest BCUT2D eigenvalue weighted by Gasteiger charge is -2.16. The van der Waals surface area contributed by atoms with E-state index in [-0.39, 0.29) is 5.91 Å². The molecule has 1 amide bonds. The highest BCUT2D eigenvalue weighted by molar-refractivity contribution is 7.12. The average molecular weight is 302 g/mol. The van der Waals surface area contributed by atoms with Gasteiger partial charge in [0.2, 0.25) is 0 Å². The Hall–Kier alpha value is -1.65. The number of amides is 1. The largest absolute Gasteiger partial charge is 0.351 e. The quantitative estimate of drug-likeness (QED) is 0.796. The normalized spacial score (nSPS) is 10.8. The predicted molar refractivity (Wildman–Crippen MR) is 88.8 cm³/mol. The Balaban J connectivity index is 1.65. The Morgan fingerprint density at radius 3 is 2.67 bits per heavy atom. The number of benzene rings is 1. The van der Waals surface area contributed by atoms with E-state index in [4.69, 9.17) is 0 Å². The van der Waals surface area contributed by atoms with E-state index in [0.717, 1.165) is 36.5 Å². The number of carbonyl (C=O) groups is 1. The summed E-state index contributed by atoms with van der Waals surface area (Å²) in [5.41, 5.74) is 2.37. The zero-order valence-corrected chi connectivity index (χ0v) is 13.5. The molecule has 1 heterocycles. The molecule has 1 aromatic carbocycles. The summed E-state index contributed by atoms with van der Waals surface area (Å²) < 4.78 is 0. The van der Waals surface area contributed by atoms with Crippen molar-refractivity contribution >= 4 is 17.2 Å². The van der Waals surface area contributed by atoms with Crippen LogP contribution in [0.3, 0.4) is 0 Å². The van der Waals surface area contributed by atoms with Gasteiger partial charge in [0.1, 0.15) is 0 Å². The van der Waals surface area contributed by atoms with Gasteiger partial charge in [-0.3, -0.25) is 4.79 Å². The van der Waals surface area contributed by atoms with Crippen molar-refractivity contribution in [3.63, 3.8) is 0 Å². The van der Waals surface area contributed by atoms with Gasteiger partial charge in [0.25, 0.3) is 5.91 Å². The molecule has 0 spiro atoms. The molecule has 1 N–H and O–H groups in total. The van der Waals surface area contributed by atoms with E-state index in [1.807, 2.05) is 24.4 Å². The molecule has 2 rings (SSSR count). The van der Waals surface area contributed by atoms with Crippen LogP contribution >= 0.6 is 11.3 Å². The van der Waals surface area contributed by atoms with Crippen molar-refractivity contribution in [3.05, 3.63) is 57.8 Å². The van der Waals surface area contributed by atoms with E-state index >= 15 is 0 Å². The maximum absolute atomic E-state index is 11.9. The summed E-state index contributed by atoms with van der Waals surface area (Å²) in [6, 6.07) is 12.4. The number of thiophene rings is 1. The van der Waals surface area contributed by atoms with Crippen molar-refractivity contribution in [2.24, 2.45) is 0 Å². The van der Waals surface area contributed by atoms with E-state index in [0.29, 0.717) is 0 Å². The minimum absolute atomic E-state index is 0.0493. The van der Waals surface area contributed by atoms with Gasteiger partial charge in [-0.25, -0.2) is 0 Å². The van der Waals surface area contributed by atoms with Crippen LogP contribution < -0.4 is 5.32 Å². The van der Waals surface area contributed by atoms with Crippen LogP contribution in [-0.2, 0) is 6.54 Å². The first-order valence-corrected chi connectivity index (χ1v) is 8.09. The van der Waals surface area contributed by atoms with E-state index in [1.54, 1.807) is 0 Å². The first-order valence-electron chi connectivity index (χ1n) is 7.21. The fraction of sp³-hybridized carbons (Fsp3) is 0.353. The number of nitrogens with zero attached hydrogens (tertiary/aromatic N) is 1. The maximum Gasteiger partial charge on any atom is 0.261 e. The number of hydrogen-bond acceptors (Lipinski definition) is 3. The molecule has 112 valence electrons. The molecule has 0 saturated heterocycles. The highest BCUT2D eigenvalue weighted by Gasteiger charge is 2.09. The van der Waals surface area contributed by atoms with Crippen LogP contribution in [0.4, 0.5) is 0 Å². The number of rotatable bonds is 7. The van der Waals surface area contributed by atoms with Crippen molar-refractivity contribution in [1.82, 2.24) is 10.2 Å². The van der Waals surface area contributed by atoms with Gasteiger partial charge >= 0.3 is 0 Å². The number of nitrogens with one attached hydrogen (secondary N) is 1. The highest BCUT2D eigenvalue weighted by Crippen LogP contribution is 2.14. The van der Waals surface area contributed by atoms with Gasteiger partial charge in [0.05, 0.1) is 4.88 Å². The molecule has 0 bridgehead atoms. The van der Waals surface area contributed by atoms with E-state index in [9.17, 15) is 4.79 Å². The molecule has 2 aromatic rings. The SMILES string of the molecule is Cc1ccsc1C(=O)NCCCN(C)Cc1ccccc1. The van der Waals surface area contributed by atoms with Crippen molar-refractivity contribution < 1.29 is 4.79 Å². The van der Waals surface area contributed by atoms with Gasteiger partial charge in [-0.05, 0) is 49.5 Å². The second-order valence-electron chi connectivity index (χ2n) is 5.27. The molecular formula is C17H22N2OS. The second-order valence-corrected chi connectivity index (χ2v) is 6.18. The molecule has 21 heavy (non-hydrogen) atoms. The van der Waals surface area contributed by atoms with Crippen molar-refractivity contribution in [3.8, 4) is 0 Å². The first-order chi connectivity index (χ1) is 10.2. The van der Waals surface area contributed by atoms with Crippen molar-refractivity contribution in [2.75, 3.05) is 20.1 Å². The van der Waals surface area contributed by atoms with Gasteiger partial charge in [0.15, 0.2) is 0 Å². The monoisotopic (exact) mass is 302 g/mol. The Morgan fingerprint density at radius 1 is 1.24 bits per heavy atom. The summed E-state index contributed by atoms with van der Waals surface area (Å²) in [5.74, 6) is 0.0493. The summed E-state index contributed by atoms with van der Waals surface area (Å²) in [4.78, 5) is 15.1. The predicted octanol–water partition coefficient (Wildman–Crippen LogP) is 3.31. The molecule has 0 aliphatic heterocycles. The molecule has 0 unspecified atom stereocenters. The average Bonchev–Trinajstić information content (AvgIpc) is 2.91. The minimum Gasteiger partial charge on any atom is -0.351 e. The molecule has 3 nitrogen and oxygen atoms in total. The van der Waals surface area contributed by atoms with Crippen LogP contribution in [0.2, 0.25) is 0 Å². The van der Waals surface area contributed by atoms with Crippen LogP contribution in [0.1, 0.15) is 27.2 Å². The van der Waals surface area contributed by atoms with Gasteiger partial charge < -0.3 is 10.2 Å². The second kappa shape index (κ2) is 7.96. The fourth-order valence-corrected chi connectivity index (χ4v) is 3.05. The smallest absolute Gasteiger partial charge is 0.261 e. The summed E-state index contributed by atoms with van der Waals surface area (Å²) in [6.07, 6.45) is 0.958. The highest BCUT2D eigenvalue weighted by atomic mass is 32.1. The van der Waals surface area contributed by atoms with Crippen LogP contribution in [0, 0.1) is 6.92 Å². The fourth-order valence-electron chi connectivity index (χ4n) is 2.21. The van der Waals surface area contributed by atoms with Gasteiger partial charge in [-0.2, -0.15) is 0 Å². The Morgan fingerprint density at radius 2 is 2.00 bits per heavy atom. The standard InChI is InChI=1S/C17H22N2OS/c1-14-9-12-21-16(14)17(20)18-10-6-11-19(2)13-15-7-4-3-5-8-15/h3-5,7-9,12H,6,10-11,13H2,1-2H3,(H,18,20). The summed E-state index contributed by atoms with van der Waals surface area (Å²) in [6.45, 7) is 4.60. The lowest BCUT2D eigenvalue weighted by atomic mass is 10.2. The zero-order chi connectivity index (χ0) is 15.1.